The number of benzene rings is 1. The summed E-state index contributed by atoms with van der Waals surface area (Å²) in [4.78, 5) is 12.4. The molecule has 9 heteroatoms. The van der Waals surface area contributed by atoms with E-state index in [1.165, 1.54) is 18.5 Å². The third-order valence-corrected chi connectivity index (χ3v) is 6.59. The van der Waals surface area contributed by atoms with Gasteiger partial charge in [0.1, 0.15) is 17.7 Å². The number of pyridine rings is 1. The second kappa shape index (κ2) is 7.94. The lowest BCUT2D eigenvalue weighted by atomic mass is 10.0. The van der Waals surface area contributed by atoms with Crippen LogP contribution in [-0.2, 0) is 0 Å². The summed E-state index contributed by atoms with van der Waals surface area (Å²) >= 11 is 0. The van der Waals surface area contributed by atoms with Gasteiger partial charge in [-0.2, -0.15) is 10.6 Å². The Labute approximate surface area is 169 Å². The summed E-state index contributed by atoms with van der Waals surface area (Å²) in [6.45, 7) is 0. The van der Waals surface area contributed by atoms with Gasteiger partial charge in [0.2, 0.25) is 5.88 Å². The molecule has 2 aromatic heterocycles. The molecule has 29 heavy (non-hydrogen) atoms. The fourth-order valence-corrected chi connectivity index (χ4v) is 4.72. The Balaban J connectivity index is 1.59. The summed E-state index contributed by atoms with van der Waals surface area (Å²) in [5.41, 5.74) is 7.54. The van der Waals surface area contributed by atoms with Crippen LogP contribution in [0.2, 0.25) is 0 Å². The van der Waals surface area contributed by atoms with Crippen molar-refractivity contribution in [2.45, 2.75) is 18.9 Å². The first kappa shape index (κ1) is 19.6. The number of aromatic nitrogens is 3. The molecule has 1 aromatic carbocycles. The van der Waals surface area contributed by atoms with E-state index in [4.69, 9.17) is 10.5 Å². The molecule has 0 atom stereocenters. The summed E-state index contributed by atoms with van der Waals surface area (Å²) in [5, 5.41) is 0. The molecule has 3 aromatic rings. The van der Waals surface area contributed by atoms with Gasteiger partial charge in [0.05, 0.1) is 18.1 Å². The van der Waals surface area contributed by atoms with Crippen molar-refractivity contribution in [3.63, 3.8) is 0 Å². The molecule has 0 aliphatic carbocycles. The van der Waals surface area contributed by atoms with Gasteiger partial charge in [0.25, 0.3) is 0 Å². The van der Waals surface area contributed by atoms with Crippen LogP contribution in [0.4, 0.5) is 10.2 Å². The maximum atomic E-state index is 14.8. The summed E-state index contributed by atoms with van der Waals surface area (Å²) in [5.74, 6) is 0.877. The van der Waals surface area contributed by atoms with Gasteiger partial charge in [-0.25, -0.2) is 14.4 Å². The number of nitrogen functional groups attached to an aromatic ring is 1. The second-order valence-electron chi connectivity index (χ2n) is 6.90. The molecule has 152 valence electrons. The molecule has 1 aliphatic rings. The van der Waals surface area contributed by atoms with Crippen LogP contribution in [0.25, 0.3) is 22.4 Å². The van der Waals surface area contributed by atoms with Crippen LogP contribution in [0.15, 0.2) is 48.9 Å². The Hall–Kier alpha value is -2.75. The van der Waals surface area contributed by atoms with Gasteiger partial charge in [-0.05, 0) is 29.8 Å². The van der Waals surface area contributed by atoms with Gasteiger partial charge in [0, 0.05) is 41.7 Å². The first-order valence-corrected chi connectivity index (χ1v) is 11.0. The fourth-order valence-electron chi connectivity index (χ4n) is 3.23. The number of nitrogens with zero attached hydrogens (tertiary/aromatic N) is 3. The molecule has 0 saturated carbocycles. The quantitative estimate of drug-likeness (QED) is 0.583. The van der Waals surface area contributed by atoms with Gasteiger partial charge in [-0.3, -0.25) is 14.1 Å². The Morgan fingerprint density at radius 1 is 1.03 bits per heavy atom. The minimum absolute atomic E-state index is 0.155. The van der Waals surface area contributed by atoms with E-state index in [0.717, 1.165) is 0 Å². The molecule has 4 rings (SSSR count). The van der Waals surface area contributed by atoms with Gasteiger partial charge >= 0.3 is 0 Å². The van der Waals surface area contributed by atoms with Crippen LogP contribution in [0, 0.1) is 5.82 Å². The summed E-state index contributed by atoms with van der Waals surface area (Å²) in [6.07, 6.45) is 5.36. The number of anilines is 1. The molecule has 0 amide bonds. The molecule has 0 unspecified atom stereocenters. The summed E-state index contributed by atoms with van der Waals surface area (Å²) < 4.78 is 40.3. The zero-order valence-electron chi connectivity index (χ0n) is 15.5. The van der Waals surface area contributed by atoms with Crippen molar-refractivity contribution >= 4 is 16.4 Å². The van der Waals surface area contributed by atoms with E-state index in [9.17, 15) is 13.5 Å². The summed E-state index contributed by atoms with van der Waals surface area (Å²) in [6, 6.07) is 8.40. The highest BCUT2D eigenvalue weighted by Gasteiger charge is 2.26. The zero-order chi connectivity index (χ0) is 20.4. The highest BCUT2D eigenvalue weighted by molar-refractivity contribution is 8.24. The van der Waals surface area contributed by atoms with Crippen LogP contribution in [0.5, 0.6) is 5.88 Å². The number of ether oxygens (including phenoxy) is 1. The van der Waals surface area contributed by atoms with Crippen LogP contribution in [0.3, 0.4) is 0 Å². The Bertz CT molecular complexity index is 1010. The van der Waals surface area contributed by atoms with E-state index in [-0.39, 0.29) is 11.9 Å². The van der Waals surface area contributed by atoms with Gasteiger partial charge in [-0.15, -0.1) is 0 Å². The molecule has 3 heterocycles. The van der Waals surface area contributed by atoms with E-state index in [0.29, 0.717) is 52.6 Å². The molecule has 0 spiro atoms. The molecule has 0 bridgehead atoms. The van der Waals surface area contributed by atoms with Crippen LogP contribution in [0.1, 0.15) is 12.8 Å². The molecular formula is C20H21FN4O3S. The zero-order valence-corrected chi connectivity index (χ0v) is 16.3. The van der Waals surface area contributed by atoms with Crippen LogP contribution < -0.4 is 10.5 Å². The smallest absolute Gasteiger partial charge is 0.221 e. The molecule has 7 nitrogen and oxygen atoms in total. The van der Waals surface area contributed by atoms with Gasteiger partial charge in [-0.1, -0.05) is 6.07 Å². The lowest BCUT2D eigenvalue weighted by molar-refractivity contribution is 0.180. The third-order valence-electron chi connectivity index (χ3n) is 4.81. The van der Waals surface area contributed by atoms with Crippen LogP contribution >= 0.6 is 10.6 Å². The van der Waals surface area contributed by atoms with E-state index in [1.807, 2.05) is 6.07 Å². The summed E-state index contributed by atoms with van der Waals surface area (Å²) in [7, 11) is -2.48. The van der Waals surface area contributed by atoms with Crippen molar-refractivity contribution < 1.29 is 18.2 Å². The first-order valence-electron chi connectivity index (χ1n) is 9.14. The Morgan fingerprint density at radius 2 is 1.83 bits per heavy atom. The highest BCUT2D eigenvalue weighted by atomic mass is 32.3. The van der Waals surface area contributed by atoms with Crippen molar-refractivity contribution in [1.82, 2.24) is 15.0 Å². The number of rotatable bonds is 4. The van der Waals surface area contributed by atoms with Crippen molar-refractivity contribution in [2.75, 3.05) is 17.2 Å². The second-order valence-corrected chi connectivity index (χ2v) is 9.33. The van der Waals surface area contributed by atoms with Crippen LogP contribution in [-0.4, -0.2) is 41.7 Å². The lowest BCUT2D eigenvalue weighted by Gasteiger charge is -2.39. The van der Waals surface area contributed by atoms with E-state index in [2.05, 4.69) is 15.0 Å². The minimum Gasteiger partial charge on any atom is -0.474 e. The SMILES string of the molecule is Nc1cnc(-c2ccc(-c3cccnc3OC3CCS(O)(O)CC3)cc2F)cn1. The fraction of sp³-hybridized carbons (Fsp3) is 0.250. The molecule has 1 saturated heterocycles. The van der Waals surface area contributed by atoms with Crippen molar-refractivity contribution in [1.29, 1.82) is 0 Å². The lowest BCUT2D eigenvalue weighted by Crippen LogP contribution is -2.29. The molecule has 1 fully saturated rings. The van der Waals surface area contributed by atoms with E-state index in [1.54, 1.807) is 24.4 Å². The number of hydrogen-bond acceptors (Lipinski definition) is 7. The molecule has 4 N–H and O–H groups in total. The number of halogens is 1. The first-order chi connectivity index (χ1) is 13.9. The van der Waals surface area contributed by atoms with E-state index >= 15 is 0 Å². The van der Waals surface area contributed by atoms with Crippen molar-refractivity contribution in [3.05, 3.63) is 54.7 Å². The Kier molecular flexibility index (Phi) is 5.35. The molecule has 0 radical (unpaired) electrons. The monoisotopic (exact) mass is 416 g/mol. The molecular weight excluding hydrogens is 395 g/mol. The minimum atomic E-state index is -2.48. The average molecular weight is 416 g/mol. The maximum Gasteiger partial charge on any atom is 0.221 e. The maximum absolute atomic E-state index is 14.8. The van der Waals surface area contributed by atoms with Gasteiger partial charge in [0.15, 0.2) is 0 Å². The van der Waals surface area contributed by atoms with Crippen molar-refractivity contribution in [3.8, 4) is 28.3 Å². The van der Waals surface area contributed by atoms with Crippen molar-refractivity contribution in [2.24, 2.45) is 0 Å². The Morgan fingerprint density at radius 3 is 2.52 bits per heavy atom. The normalized spacial score (nSPS) is 17.6. The average Bonchev–Trinajstić information content (AvgIpc) is 2.71. The van der Waals surface area contributed by atoms with E-state index < -0.39 is 16.4 Å². The molecule has 1 aliphatic heterocycles. The predicted molar refractivity (Wildman–Crippen MR) is 111 cm³/mol. The van der Waals surface area contributed by atoms with Gasteiger partial charge < -0.3 is 10.5 Å². The number of hydrogen-bond donors (Lipinski definition) is 3. The largest absolute Gasteiger partial charge is 0.474 e. The number of nitrogens with two attached hydrogens (primary N) is 1. The standard InChI is InChI=1S/C20H21FN4O3S/c21-17-10-13(3-4-16(17)18-11-25-19(22)12-24-18)15-2-1-7-23-20(15)28-14-5-8-29(26,27)9-6-14/h1-4,7,10-12,14,26-27H,5-6,8-9H2,(H2,22,25). The third kappa shape index (κ3) is 4.47. The predicted octanol–water partition coefficient (Wildman–Crippen LogP) is 4.22. The highest BCUT2D eigenvalue weighted by Crippen LogP contribution is 2.45. The topological polar surface area (TPSA) is 114 Å².